The van der Waals surface area contributed by atoms with Crippen LogP contribution in [-0.2, 0) is 4.74 Å². The summed E-state index contributed by atoms with van der Waals surface area (Å²) in [4.78, 5) is 12.2. The van der Waals surface area contributed by atoms with Crippen molar-refractivity contribution in [1.29, 1.82) is 0 Å². The summed E-state index contributed by atoms with van der Waals surface area (Å²) in [7, 11) is 1.60. The van der Waals surface area contributed by atoms with Gasteiger partial charge in [-0.25, -0.2) is 4.39 Å². The predicted molar refractivity (Wildman–Crippen MR) is 80.8 cm³/mol. The van der Waals surface area contributed by atoms with Crippen molar-refractivity contribution in [3.8, 4) is 0 Å². The first kappa shape index (κ1) is 14.9. The number of hydrogen-bond donors (Lipinski definition) is 1. The predicted octanol–water partition coefficient (Wildman–Crippen LogP) is 3.12. The molecule has 1 unspecified atom stereocenters. The first-order valence-electron chi connectivity index (χ1n) is 6.22. The number of nitrogens with one attached hydrogen (secondary N) is 1. The molecule has 2 aromatic rings. The van der Waals surface area contributed by atoms with E-state index >= 15 is 0 Å². The van der Waals surface area contributed by atoms with Crippen LogP contribution in [0.3, 0.4) is 0 Å². The minimum absolute atomic E-state index is 0.0446. The second-order valence-corrected chi connectivity index (χ2v) is 5.70. The van der Waals surface area contributed by atoms with Gasteiger partial charge in [-0.2, -0.15) is 0 Å². The summed E-state index contributed by atoms with van der Waals surface area (Å²) in [6, 6.07) is 9.77. The van der Waals surface area contributed by atoms with E-state index in [0.29, 0.717) is 29.5 Å². The minimum Gasteiger partial charge on any atom is -0.383 e. The highest BCUT2D eigenvalue weighted by molar-refractivity contribution is 9.09. The summed E-state index contributed by atoms with van der Waals surface area (Å²) >= 11 is 3.40. The number of methoxy groups -OCH3 is 1. The molecular weight excluding hydrogens is 325 g/mol. The Hall–Kier alpha value is -1.46. The van der Waals surface area contributed by atoms with E-state index in [0.717, 1.165) is 0 Å². The van der Waals surface area contributed by atoms with Gasteiger partial charge < -0.3 is 10.1 Å². The Morgan fingerprint density at radius 1 is 1.30 bits per heavy atom. The lowest BCUT2D eigenvalue weighted by atomic mass is 10.0. The topological polar surface area (TPSA) is 38.3 Å². The van der Waals surface area contributed by atoms with Crippen molar-refractivity contribution >= 4 is 32.6 Å². The number of hydrogen-bond acceptors (Lipinski definition) is 2. The second kappa shape index (κ2) is 6.81. The molecule has 3 nitrogen and oxygen atoms in total. The molecule has 0 heterocycles. The lowest BCUT2D eigenvalue weighted by molar-refractivity contribution is 0.0951. The van der Waals surface area contributed by atoms with E-state index in [1.54, 1.807) is 31.4 Å². The summed E-state index contributed by atoms with van der Waals surface area (Å²) < 4.78 is 18.7. The zero-order valence-electron chi connectivity index (χ0n) is 11.0. The Bertz CT molecular complexity index is 618. The van der Waals surface area contributed by atoms with Crippen LogP contribution in [0.2, 0.25) is 0 Å². The third kappa shape index (κ3) is 3.35. The van der Waals surface area contributed by atoms with Crippen LogP contribution < -0.4 is 5.32 Å². The molecular formula is C15H15BrFNO2. The maximum absolute atomic E-state index is 13.7. The molecule has 0 saturated carbocycles. The minimum atomic E-state index is -0.324. The molecule has 0 aromatic heterocycles. The molecule has 0 saturated heterocycles. The van der Waals surface area contributed by atoms with Gasteiger partial charge in [0.15, 0.2) is 0 Å². The standard InChI is InChI=1S/C15H15BrFNO2/c1-20-9-10(16)8-18-15(19)13-6-7-14(17)12-5-3-2-4-11(12)13/h2-7,10H,8-9H2,1H3,(H,18,19). The number of ether oxygens (including phenoxy) is 1. The number of halogens is 2. The van der Waals surface area contributed by atoms with Gasteiger partial charge in [-0.1, -0.05) is 40.2 Å². The second-order valence-electron chi connectivity index (χ2n) is 4.40. The number of amides is 1. The van der Waals surface area contributed by atoms with Crippen molar-refractivity contribution in [1.82, 2.24) is 5.32 Å². The molecule has 1 atom stereocenters. The van der Waals surface area contributed by atoms with Gasteiger partial charge >= 0.3 is 0 Å². The van der Waals surface area contributed by atoms with Crippen molar-refractivity contribution in [3.05, 3.63) is 47.8 Å². The molecule has 20 heavy (non-hydrogen) atoms. The van der Waals surface area contributed by atoms with Crippen molar-refractivity contribution < 1.29 is 13.9 Å². The lowest BCUT2D eigenvalue weighted by Gasteiger charge is -2.11. The Balaban J connectivity index is 2.20. The fourth-order valence-electron chi connectivity index (χ4n) is 2.00. The van der Waals surface area contributed by atoms with Crippen LogP contribution in [0.25, 0.3) is 10.8 Å². The fraction of sp³-hybridized carbons (Fsp3) is 0.267. The maximum atomic E-state index is 13.7. The van der Waals surface area contributed by atoms with Gasteiger partial charge in [-0.05, 0) is 17.5 Å². The van der Waals surface area contributed by atoms with Crippen LogP contribution in [0.5, 0.6) is 0 Å². The third-order valence-corrected chi connectivity index (χ3v) is 3.54. The molecule has 2 rings (SSSR count). The SMILES string of the molecule is COCC(Br)CNC(=O)c1ccc(F)c2ccccc12. The summed E-state index contributed by atoms with van der Waals surface area (Å²) in [5.41, 5.74) is 0.471. The highest BCUT2D eigenvalue weighted by atomic mass is 79.9. The van der Waals surface area contributed by atoms with Gasteiger partial charge in [0.2, 0.25) is 0 Å². The average Bonchev–Trinajstić information content (AvgIpc) is 2.46. The van der Waals surface area contributed by atoms with Crippen LogP contribution in [-0.4, -0.2) is 31.0 Å². The zero-order chi connectivity index (χ0) is 14.5. The van der Waals surface area contributed by atoms with Crippen LogP contribution in [0.4, 0.5) is 4.39 Å². The molecule has 0 aliphatic carbocycles. The van der Waals surface area contributed by atoms with Gasteiger partial charge in [0.25, 0.3) is 5.91 Å². The highest BCUT2D eigenvalue weighted by Crippen LogP contribution is 2.21. The summed E-state index contributed by atoms with van der Waals surface area (Å²) in [6.45, 7) is 0.947. The largest absolute Gasteiger partial charge is 0.383 e. The van der Waals surface area contributed by atoms with Gasteiger partial charge in [-0.3, -0.25) is 4.79 Å². The Labute approximate surface area is 125 Å². The van der Waals surface area contributed by atoms with Crippen molar-refractivity contribution in [2.45, 2.75) is 4.83 Å². The van der Waals surface area contributed by atoms with Gasteiger partial charge in [-0.15, -0.1) is 0 Å². The smallest absolute Gasteiger partial charge is 0.251 e. The molecule has 0 spiro atoms. The number of rotatable bonds is 5. The fourth-order valence-corrected chi connectivity index (χ4v) is 2.42. The molecule has 1 N–H and O–H groups in total. The van der Waals surface area contributed by atoms with Crippen LogP contribution in [0.1, 0.15) is 10.4 Å². The number of fused-ring (bicyclic) bond motifs is 1. The number of carbonyl (C=O) groups is 1. The lowest BCUT2D eigenvalue weighted by Crippen LogP contribution is -2.31. The first-order chi connectivity index (χ1) is 9.63. The van der Waals surface area contributed by atoms with E-state index < -0.39 is 0 Å². The molecule has 2 aromatic carbocycles. The molecule has 0 aliphatic rings. The van der Waals surface area contributed by atoms with Gasteiger partial charge in [0, 0.05) is 24.6 Å². The van der Waals surface area contributed by atoms with Crippen LogP contribution in [0.15, 0.2) is 36.4 Å². The Kier molecular flexibility index (Phi) is 5.09. The Morgan fingerprint density at radius 3 is 2.70 bits per heavy atom. The number of alkyl halides is 1. The third-order valence-electron chi connectivity index (χ3n) is 2.95. The number of benzene rings is 2. The summed E-state index contributed by atoms with van der Waals surface area (Å²) in [5, 5.41) is 3.87. The Morgan fingerprint density at radius 2 is 2.00 bits per heavy atom. The van der Waals surface area contributed by atoms with Gasteiger partial charge in [0.1, 0.15) is 5.82 Å². The van der Waals surface area contributed by atoms with Crippen molar-refractivity contribution in [2.75, 3.05) is 20.3 Å². The zero-order valence-corrected chi connectivity index (χ0v) is 12.6. The summed E-state index contributed by atoms with van der Waals surface area (Å²) in [5.74, 6) is -0.545. The molecule has 5 heteroatoms. The van der Waals surface area contributed by atoms with Crippen molar-refractivity contribution in [3.63, 3.8) is 0 Å². The van der Waals surface area contributed by atoms with E-state index in [9.17, 15) is 9.18 Å². The van der Waals surface area contributed by atoms with E-state index in [1.807, 2.05) is 0 Å². The van der Waals surface area contributed by atoms with E-state index in [1.165, 1.54) is 12.1 Å². The number of carbonyl (C=O) groups excluding carboxylic acids is 1. The molecule has 0 bridgehead atoms. The van der Waals surface area contributed by atoms with E-state index in [2.05, 4.69) is 21.2 Å². The molecule has 1 amide bonds. The molecule has 106 valence electrons. The van der Waals surface area contributed by atoms with Gasteiger partial charge in [0.05, 0.1) is 11.4 Å². The van der Waals surface area contributed by atoms with Crippen molar-refractivity contribution in [2.24, 2.45) is 0 Å². The van der Waals surface area contributed by atoms with Crippen LogP contribution in [0, 0.1) is 5.82 Å². The summed E-state index contributed by atoms with van der Waals surface area (Å²) in [6.07, 6.45) is 0. The molecule has 0 fully saturated rings. The van der Waals surface area contributed by atoms with E-state index in [-0.39, 0.29) is 16.6 Å². The van der Waals surface area contributed by atoms with E-state index in [4.69, 9.17) is 4.74 Å². The molecule has 0 aliphatic heterocycles. The maximum Gasteiger partial charge on any atom is 0.251 e. The quantitative estimate of drug-likeness (QED) is 0.850. The molecule has 0 radical (unpaired) electrons. The van der Waals surface area contributed by atoms with Crippen LogP contribution >= 0.6 is 15.9 Å². The monoisotopic (exact) mass is 339 g/mol. The average molecular weight is 340 g/mol. The normalized spacial score (nSPS) is 12.3. The highest BCUT2D eigenvalue weighted by Gasteiger charge is 2.13. The first-order valence-corrected chi connectivity index (χ1v) is 7.13.